The van der Waals surface area contributed by atoms with Gasteiger partial charge in [0.15, 0.2) is 6.61 Å². The molecule has 0 heterocycles. The van der Waals surface area contributed by atoms with Gasteiger partial charge in [0.05, 0.1) is 6.10 Å². The van der Waals surface area contributed by atoms with Crippen molar-refractivity contribution in [2.45, 2.75) is 25.6 Å². The molecule has 0 radical (unpaired) electrons. The van der Waals surface area contributed by atoms with Gasteiger partial charge in [-0.3, -0.25) is 0 Å². The summed E-state index contributed by atoms with van der Waals surface area (Å²) >= 11 is 0. The van der Waals surface area contributed by atoms with Crippen molar-refractivity contribution in [2.75, 3.05) is 13.2 Å². The fraction of sp³-hybridized carbons (Fsp3) is 0.500. The van der Waals surface area contributed by atoms with E-state index in [0.717, 1.165) is 0 Å². The lowest BCUT2D eigenvalue weighted by atomic mass is 10.3. The zero-order chi connectivity index (χ0) is 13.6. The van der Waals surface area contributed by atoms with Gasteiger partial charge >= 0.3 is 6.18 Å². The summed E-state index contributed by atoms with van der Waals surface area (Å²) in [6, 6.07) is 5.76. The summed E-state index contributed by atoms with van der Waals surface area (Å²) in [7, 11) is 0. The van der Waals surface area contributed by atoms with Gasteiger partial charge in [0.1, 0.15) is 18.1 Å². The Labute approximate surface area is 103 Å². The molecule has 0 aliphatic rings. The summed E-state index contributed by atoms with van der Waals surface area (Å²) in [4.78, 5) is 0. The molecule has 0 aliphatic carbocycles. The minimum absolute atomic E-state index is 0.121. The maximum atomic E-state index is 11.9. The number of rotatable bonds is 6. The number of ether oxygens (including phenoxy) is 2. The van der Waals surface area contributed by atoms with E-state index < -0.39 is 18.9 Å². The zero-order valence-corrected chi connectivity index (χ0v) is 9.91. The van der Waals surface area contributed by atoms with Crippen LogP contribution < -0.4 is 9.47 Å². The van der Waals surface area contributed by atoms with Crippen LogP contribution in [0.25, 0.3) is 0 Å². The molecule has 0 aromatic heterocycles. The number of benzene rings is 1. The van der Waals surface area contributed by atoms with Crippen LogP contribution in [0.1, 0.15) is 13.3 Å². The summed E-state index contributed by atoms with van der Waals surface area (Å²) < 4.78 is 45.4. The minimum atomic E-state index is -4.35. The molecular weight excluding hydrogens is 249 g/mol. The van der Waals surface area contributed by atoms with Gasteiger partial charge in [0, 0.05) is 0 Å². The second kappa shape index (κ2) is 6.49. The average Bonchev–Trinajstić information content (AvgIpc) is 2.33. The smallest absolute Gasteiger partial charge is 0.422 e. The molecule has 0 saturated heterocycles. The highest BCUT2D eigenvalue weighted by Crippen LogP contribution is 2.21. The minimum Gasteiger partial charge on any atom is -0.491 e. The molecule has 0 spiro atoms. The van der Waals surface area contributed by atoms with Gasteiger partial charge in [-0.15, -0.1) is 0 Å². The van der Waals surface area contributed by atoms with E-state index in [4.69, 9.17) is 4.74 Å². The standard InChI is InChI=1S/C12H15F3O3/c1-2-9(16)7-17-10-3-5-11(6-4-10)18-8-12(13,14)15/h3-6,9,16H,2,7-8H2,1H3/t9-/m0/s1. The highest BCUT2D eigenvalue weighted by molar-refractivity contribution is 5.31. The van der Waals surface area contributed by atoms with Gasteiger partial charge in [0.2, 0.25) is 0 Å². The summed E-state index contributed by atoms with van der Waals surface area (Å²) in [6.07, 6.45) is -4.32. The third-order valence-corrected chi connectivity index (χ3v) is 2.14. The fourth-order valence-electron chi connectivity index (χ4n) is 1.11. The van der Waals surface area contributed by atoms with Gasteiger partial charge < -0.3 is 14.6 Å². The van der Waals surface area contributed by atoms with Crippen molar-refractivity contribution in [1.82, 2.24) is 0 Å². The highest BCUT2D eigenvalue weighted by Gasteiger charge is 2.28. The molecule has 3 nitrogen and oxygen atoms in total. The Bertz CT molecular complexity index is 349. The topological polar surface area (TPSA) is 38.7 Å². The van der Waals surface area contributed by atoms with Crippen LogP contribution in [-0.4, -0.2) is 30.6 Å². The Balaban J connectivity index is 2.42. The van der Waals surface area contributed by atoms with Crippen LogP contribution in [0.3, 0.4) is 0 Å². The quantitative estimate of drug-likeness (QED) is 0.858. The molecule has 6 heteroatoms. The third-order valence-electron chi connectivity index (χ3n) is 2.14. The van der Waals surface area contributed by atoms with Gasteiger partial charge in [-0.1, -0.05) is 6.92 Å². The van der Waals surface area contributed by atoms with E-state index in [2.05, 4.69) is 4.74 Å². The molecule has 0 aliphatic heterocycles. The van der Waals surface area contributed by atoms with Crippen LogP contribution in [0.4, 0.5) is 13.2 Å². The Morgan fingerprint density at radius 2 is 1.61 bits per heavy atom. The molecule has 1 atom stereocenters. The number of hydrogen-bond donors (Lipinski definition) is 1. The average molecular weight is 264 g/mol. The van der Waals surface area contributed by atoms with E-state index in [9.17, 15) is 18.3 Å². The molecule has 0 bridgehead atoms. The molecule has 102 valence electrons. The summed E-state index contributed by atoms with van der Waals surface area (Å²) in [5, 5.41) is 9.27. The summed E-state index contributed by atoms with van der Waals surface area (Å²) in [5.41, 5.74) is 0. The predicted molar refractivity (Wildman–Crippen MR) is 59.8 cm³/mol. The first kappa shape index (κ1) is 14.6. The lowest BCUT2D eigenvalue weighted by Gasteiger charge is -2.12. The van der Waals surface area contributed by atoms with E-state index in [1.807, 2.05) is 6.92 Å². The van der Waals surface area contributed by atoms with Crippen molar-refractivity contribution < 1.29 is 27.8 Å². The fourth-order valence-corrected chi connectivity index (χ4v) is 1.11. The summed E-state index contributed by atoms with van der Waals surface area (Å²) in [6.45, 7) is 0.656. The van der Waals surface area contributed by atoms with Gasteiger partial charge in [0.25, 0.3) is 0 Å². The number of hydrogen-bond acceptors (Lipinski definition) is 3. The highest BCUT2D eigenvalue weighted by atomic mass is 19.4. The molecule has 0 saturated carbocycles. The van der Waals surface area contributed by atoms with Crippen molar-refractivity contribution in [3.63, 3.8) is 0 Å². The molecule has 0 amide bonds. The van der Waals surface area contributed by atoms with Crippen LogP contribution in [-0.2, 0) is 0 Å². The molecule has 0 fully saturated rings. The first-order valence-corrected chi connectivity index (χ1v) is 5.51. The van der Waals surface area contributed by atoms with Crippen molar-refractivity contribution in [2.24, 2.45) is 0 Å². The predicted octanol–water partition coefficient (Wildman–Crippen LogP) is 2.78. The lowest BCUT2D eigenvalue weighted by molar-refractivity contribution is -0.153. The largest absolute Gasteiger partial charge is 0.491 e. The first-order chi connectivity index (χ1) is 8.40. The Morgan fingerprint density at radius 3 is 2.06 bits per heavy atom. The van der Waals surface area contributed by atoms with Crippen LogP contribution in [0.2, 0.25) is 0 Å². The SMILES string of the molecule is CC[C@H](O)COc1ccc(OCC(F)(F)F)cc1. The van der Waals surface area contributed by atoms with E-state index in [1.54, 1.807) is 0 Å². The molecule has 1 rings (SSSR count). The van der Waals surface area contributed by atoms with Crippen molar-refractivity contribution >= 4 is 0 Å². The molecular formula is C12H15F3O3. The van der Waals surface area contributed by atoms with Gasteiger partial charge in [-0.25, -0.2) is 0 Å². The van der Waals surface area contributed by atoms with Gasteiger partial charge in [-0.05, 0) is 30.7 Å². The first-order valence-electron chi connectivity index (χ1n) is 5.51. The molecule has 0 unspecified atom stereocenters. The van der Waals surface area contributed by atoms with E-state index in [1.165, 1.54) is 24.3 Å². The lowest BCUT2D eigenvalue weighted by Crippen LogP contribution is -2.19. The maximum Gasteiger partial charge on any atom is 0.422 e. The molecule has 1 aromatic rings. The normalized spacial score (nSPS) is 13.2. The van der Waals surface area contributed by atoms with Crippen molar-refractivity contribution in [3.8, 4) is 11.5 Å². The second-order valence-corrected chi connectivity index (χ2v) is 3.75. The van der Waals surface area contributed by atoms with Crippen LogP contribution in [0, 0.1) is 0 Å². The molecule has 18 heavy (non-hydrogen) atoms. The monoisotopic (exact) mass is 264 g/mol. The van der Waals surface area contributed by atoms with Crippen molar-refractivity contribution in [3.05, 3.63) is 24.3 Å². The molecule has 1 N–H and O–H groups in total. The van der Waals surface area contributed by atoms with Crippen LogP contribution in [0.5, 0.6) is 11.5 Å². The van der Waals surface area contributed by atoms with E-state index in [0.29, 0.717) is 12.2 Å². The number of halogens is 3. The Kier molecular flexibility index (Phi) is 5.27. The number of aliphatic hydroxyl groups is 1. The second-order valence-electron chi connectivity index (χ2n) is 3.75. The summed E-state index contributed by atoms with van der Waals surface area (Å²) in [5.74, 6) is 0.595. The number of aliphatic hydroxyl groups excluding tert-OH is 1. The third kappa shape index (κ3) is 5.77. The Hall–Kier alpha value is -1.43. The van der Waals surface area contributed by atoms with Crippen LogP contribution in [0.15, 0.2) is 24.3 Å². The molecule has 1 aromatic carbocycles. The maximum absolute atomic E-state index is 11.9. The van der Waals surface area contributed by atoms with Gasteiger partial charge in [-0.2, -0.15) is 13.2 Å². The van der Waals surface area contributed by atoms with E-state index in [-0.39, 0.29) is 12.4 Å². The van der Waals surface area contributed by atoms with Crippen molar-refractivity contribution in [1.29, 1.82) is 0 Å². The Morgan fingerprint density at radius 1 is 1.11 bits per heavy atom. The van der Waals surface area contributed by atoms with E-state index >= 15 is 0 Å². The number of alkyl halides is 3. The van der Waals surface area contributed by atoms with Crippen LogP contribution >= 0.6 is 0 Å². The zero-order valence-electron chi connectivity index (χ0n) is 9.91.